The van der Waals surface area contributed by atoms with Gasteiger partial charge < -0.3 is 14.9 Å². The van der Waals surface area contributed by atoms with Crippen LogP contribution < -0.4 is 4.74 Å². The van der Waals surface area contributed by atoms with Crippen molar-refractivity contribution in [3.05, 3.63) is 21.9 Å². The lowest BCUT2D eigenvalue weighted by Gasteiger charge is -2.11. The Morgan fingerprint density at radius 2 is 2.00 bits per heavy atom. The van der Waals surface area contributed by atoms with Gasteiger partial charge in [-0.25, -0.2) is 8.42 Å². The van der Waals surface area contributed by atoms with Gasteiger partial charge in [-0.2, -0.15) is 0 Å². The van der Waals surface area contributed by atoms with E-state index in [1.807, 2.05) is 0 Å². The first-order valence-electron chi connectivity index (χ1n) is 4.28. The molecule has 1 aromatic heterocycles. The van der Waals surface area contributed by atoms with Crippen LogP contribution in [-0.4, -0.2) is 24.7 Å². The van der Waals surface area contributed by atoms with E-state index in [4.69, 9.17) is 10.7 Å². The Bertz CT molecular complexity index is 630. The molecule has 0 fully saturated rings. The van der Waals surface area contributed by atoms with Gasteiger partial charge in [0.15, 0.2) is 11.4 Å². The Balaban J connectivity index is 3.58. The van der Waals surface area contributed by atoms with E-state index in [0.29, 0.717) is 0 Å². The number of halogens is 4. The third kappa shape index (κ3) is 3.92. The van der Waals surface area contributed by atoms with E-state index >= 15 is 0 Å². The number of hydrogen-bond donors (Lipinski definition) is 0. The molecule has 0 aliphatic carbocycles. The number of aryl methyl sites for hydroxylation is 1. The van der Waals surface area contributed by atoms with Gasteiger partial charge in [0.1, 0.15) is 4.90 Å². The molecule has 0 N–H and O–H groups in total. The molecule has 0 radical (unpaired) electrons. The predicted molar refractivity (Wildman–Crippen MR) is 55.4 cm³/mol. The summed E-state index contributed by atoms with van der Waals surface area (Å²) in [4.78, 5) is 11.4. The molecular formula is C7H4ClF3N2O5S. The standard InChI is InChI=1S/C7H4ClF3N2O5S/c1-3-6(18-7(9,10)11)4(19(8,16)17)2-5(12-3)13(14)15/h2H,1H3. The number of ether oxygens (including phenoxy) is 1. The van der Waals surface area contributed by atoms with Crippen LogP contribution in [0.2, 0.25) is 0 Å². The van der Waals surface area contributed by atoms with Gasteiger partial charge in [0.2, 0.25) is 0 Å². The van der Waals surface area contributed by atoms with Crippen molar-refractivity contribution >= 4 is 25.6 Å². The minimum atomic E-state index is -5.20. The van der Waals surface area contributed by atoms with Crippen LogP contribution in [0.3, 0.4) is 0 Å². The zero-order valence-corrected chi connectivity index (χ0v) is 10.5. The topological polar surface area (TPSA) is 99.4 Å². The van der Waals surface area contributed by atoms with Crippen molar-refractivity contribution in [1.82, 2.24) is 4.98 Å². The molecule has 0 aromatic carbocycles. The number of nitro groups is 1. The minimum Gasteiger partial charge on any atom is -0.400 e. The molecule has 7 nitrogen and oxygen atoms in total. The van der Waals surface area contributed by atoms with Crippen LogP contribution in [0.1, 0.15) is 5.69 Å². The first kappa shape index (κ1) is 15.4. The fourth-order valence-corrected chi connectivity index (χ4v) is 2.13. The van der Waals surface area contributed by atoms with Crippen molar-refractivity contribution in [2.75, 3.05) is 0 Å². The highest BCUT2D eigenvalue weighted by molar-refractivity contribution is 8.13. The molecular weight excluding hydrogens is 317 g/mol. The molecule has 0 aliphatic rings. The predicted octanol–water partition coefficient (Wildman–Crippen LogP) is 2.12. The quantitative estimate of drug-likeness (QED) is 0.480. The largest absolute Gasteiger partial charge is 0.573 e. The maximum atomic E-state index is 12.1. The zero-order valence-electron chi connectivity index (χ0n) is 8.93. The van der Waals surface area contributed by atoms with Gasteiger partial charge in [-0.05, 0) is 9.91 Å². The minimum absolute atomic E-state index is 0.288. The average Bonchev–Trinajstić information content (AvgIpc) is 2.16. The number of rotatable bonds is 3. The monoisotopic (exact) mass is 320 g/mol. The van der Waals surface area contributed by atoms with Gasteiger partial charge in [0, 0.05) is 17.6 Å². The summed E-state index contributed by atoms with van der Waals surface area (Å²) in [5.74, 6) is -2.17. The summed E-state index contributed by atoms with van der Waals surface area (Å²) < 4.78 is 62.1. The second-order valence-electron chi connectivity index (χ2n) is 3.14. The van der Waals surface area contributed by atoms with Crippen molar-refractivity contribution in [1.29, 1.82) is 0 Å². The van der Waals surface area contributed by atoms with Crippen LogP contribution in [0.25, 0.3) is 0 Å². The van der Waals surface area contributed by atoms with Crippen LogP contribution in [0, 0.1) is 17.0 Å². The van der Waals surface area contributed by atoms with E-state index in [9.17, 15) is 31.7 Å². The molecule has 106 valence electrons. The van der Waals surface area contributed by atoms with Crippen molar-refractivity contribution in [3.8, 4) is 5.75 Å². The lowest BCUT2D eigenvalue weighted by molar-refractivity contribution is -0.389. The highest BCUT2D eigenvalue weighted by Crippen LogP contribution is 2.35. The molecule has 12 heteroatoms. The molecule has 0 bridgehead atoms. The number of aromatic nitrogens is 1. The number of nitrogens with zero attached hydrogens (tertiary/aromatic N) is 2. The molecule has 0 saturated carbocycles. The van der Waals surface area contributed by atoms with Crippen molar-refractivity contribution in [2.45, 2.75) is 18.2 Å². The Morgan fingerprint density at radius 3 is 2.37 bits per heavy atom. The van der Waals surface area contributed by atoms with Crippen LogP contribution >= 0.6 is 10.7 Å². The summed E-state index contributed by atoms with van der Waals surface area (Å²) in [6.45, 7) is 0.916. The molecule has 19 heavy (non-hydrogen) atoms. The lowest BCUT2D eigenvalue weighted by atomic mass is 10.3. The summed E-state index contributed by atoms with van der Waals surface area (Å²) in [5.41, 5.74) is -0.634. The van der Waals surface area contributed by atoms with E-state index in [-0.39, 0.29) is 6.07 Å². The molecule has 1 heterocycles. The van der Waals surface area contributed by atoms with Gasteiger partial charge in [-0.15, -0.1) is 13.2 Å². The SMILES string of the molecule is Cc1nc([N+](=O)[O-])cc(S(=O)(=O)Cl)c1OC(F)(F)F. The Kier molecular flexibility index (Phi) is 3.91. The van der Waals surface area contributed by atoms with Crippen LogP contribution in [-0.2, 0) is 9.05 Å². The Morgan fingerprint density at radius 1 is 1.47 bits per heavy atom. The molecule has 0 amide bonds. The van der Waals surface area contributed by atoms with Crippen LogP contribution in [0.5, 0.6) is 5.75 Å². The van der Waals surface area contributed by atoms with Gasteiger partial charge in [0.25, 0.3) is 9.05 Å². The van der Waals surface area contributed by atoms with Crippen molar-refractivity contribution in [2.24, 2.45) is 0 Å². The van der Waals surface area contributed by atoms with Gasteiger partial charge in [0.05, 0.1) is 6.07 Å². The van der Waals surface area contributed by atoms with E-state index in [0.717, 1.165) is 6.92 Å². The third-order valence-corrected chi connectivity index (χ3v) is 3.09. The maximum absolute atomic E-state index is 12.1. The highest BCUT2D eigenvalue weighted by Gasteiger charge is 2.37. The zero-order chi connectivity index (χ0) is 15.0. The molecule has 0 unspecified atom stereocenters. The number of alkyl halides is 3. The number of pyridine rings is 1. The number of hydrogen-bond acceptors (Lipinski definition) is 6. The molecule has 0 aliphatic heterocycles. The van der Waals surface area contributed by atoms with E-state index in [1.165, 1.54) is 0 Å². The summed E-state index contributed by atoms with van der Waals surface area (Å²) >= 11 is 0. The molecule has 1 rings (SSSR count). The molecule has 1 aromatic rings. The van der Waals surface area contributed by atoms with Gasteiger partial charge in [-0.3, -0.25) is 0 Å². The van der Waals surface area contributed by atoms with E-state index in [1.54, 1.807) is 0 Å². The smallest absolute Gasteiger partial charge is 0.400 e. The average molecular weight is 321 g/mol. The molecule has 0 atom stereocenters. The van der Waals surface area contributed by atoms with Crippen molar-refractivity contribution in [3.63, 3.8) is 0 Å². The van der Waals surface area contributed by atoms with Crippen molar-refractivity contribution < 1.29 is 31.2 Å². The second-order valence-corrected chi connectivity index (χ2v) is 5.67. The first-order valence-corrected chi connectivity index (χ1v) is 6.59. The van der Waals surface area contributed by atoms with Gasteiger partial charge >= 0.3 is 12.2 Å². The second kappa shape index (κ2) is 4.81. The normalized spacial score (nSPS) is 12.3. The fourth-order valence-electron chi connectivity index (χ4n) is 1.13. The van der Waals surface area contributed by atoms with Gasteiger partial charge in [-0.1, -0.05) is 0 Å². The Hall–Kier alpha value is -1.62. The lowest BCUT2D eigenvalue weighted by Crippen LogP contribution is -2.20. The summed E-state index contributed by atoms with van der Waals surface area (Å²) in [6.07, 6.45) is -5.20. The summed E-state index contributed by atoms with van der Waals surface area (Å²) in [5, 5.41) is 10.5. The summed E-state index contributed by atoms with van der Waals surface area (Å²) in [6, 6.07) is 0.288. The third-order valence-electron chi connectivity index (χ3n) is 1.76. The maximum Gasteiger partial charge on any atom is 0.573 e. The Labute approximate surface area is 108 Å². The highest BCUT2D eigenvalue weighted by atomic mass is 35.7. The summed E-state index contributed by atoms with van der Waals surface area (Å²) in [7, 11) is 0.234. The van der Waals surface area contributed by atoms with E-state index < -0.39 is 42.5 Å². The first-order chi connectivity index (χ1) is 8.42. The fraction of sp³-hybridized carbons (Fsp3) is 0.286. The van der Waals surface area contributed by atoms with E-state index in [2.05, 4.69) is 9.72 Å². The van der Waals surface area contributed by atoms with Crippen LogP contribution in [0.4, 0.5) is 19.0 Å². The van der Waals surface area contributed by atoms with Crippen LogP contribution in [0.15, 0.2) is 11.0 Å². The molecule has 0 saturated heterocycles. The molecule has 0 spiro atoms.